The Morgan fingerprint density at radius 3 is 2.58 bits per heavy atom. The van der Waals surface area contributed by atoms with E-state index >= 15 is 0 Å². The van der Waals surface area contributed by atoms with Crippen molar-refractivity contribution >= 4 is 46.0 Å². The number of carbonyl (C=O) groups excluding carboxylic acids is 2. The lowest BCUT2D eigenvalue weighted by Gasteiger charge is -2.15. The first kappa shape index (κ1) is 20.8. The summed E-state index contributed by atoms with van der Waals surface area (Å²) in [7, 11) is 0. The molecule has 5 nitrogen and oxygen atoms in total. The maximum absolute atomic E-state index is 12.7. The summed E-state index contributed by atoms with van der Waals surface area (Å²) >= 11 is 7.26. The van der Waals surface area contributed by atoms with Gasteiger partial charge in [-0.2, -0.15) is 0 Å². The van der Waals surface area contributed by atoms with Gasteiger partial charge in [0.15, 0.2) is 5.17 Å². The van der Waals surface area contributed by atoms with Gasteiger partial charge in [-0.3, -0.25) is 19.5 Å². The fourth-order valence-corrected chi connectivity index (χ4v) is 3.85. The summed E-state index contributed by atoms with van der Waals surface area (Å²) in [5, 5.41) is 3.80. The van der Waals surface area contributed by atoms with Crippen LogP contribution in [0.5, 0.6) is 0 Å². The van der Waals surface area contributed by atoms with Crippen LogP contribution in [0.4, 0.5) is 5.69 Å². The number of amidine groups is 1. The first-order valence-electron chi connectivity index (χ1n) is 9.13. The lowest BCUT2D eigenvalue weighted by Crippen LogP contribution is -2.34. The van der Waals surface area contributed by atoms with Crippen molar-refractivity contribution in [3.63, 3.8) is 0 Å². The van der Waals surface area contributed by atoms with E-state index in [0.717, 1.165) is 37.4 Å². The Labute approximate surface area is 164 Å². The van der Waals surface area contributed by atoms with Gasteiger partial charge in [0.1, 0.15) is 5.25 Å². The number of carbonyl (C=O) groups is 2. The first-order chi connectivity index (χ1) is 12.5. The van der Waals surface area contributed by atoms with Gasteiger partial charge in [-0.05, 0) is 37.1 Å². The number of benzene rings is 1. The molecule has 1 heterocycles. The average Bonchev–Trinajstić information content (AvgIpc) is 2.90. The molecular weight excluding hydrogens is 370 g/mol. The molecule has 1 aromatic carbocycles. The second-order valence-electron chi connectivity index (χ2n) is 6.23. The number of hydrogen-bond acceptors (Lipinski definition) is 4. The topological polar surface area (TPSA) is 61.8 Å². The fraction of sp³-hybridized carbons (Fsp3) is 0.526. The molecule has 0 aromatic heterocycles. The highest BCUT2D eigenvalue weighted by molar-refractivity contribution is 8.15. The van der Waals surface area contributed by atoms with E-state index in [1.807, 2.05) is 0 Å². The van der Waals surface area contributed by atoms with Crippen LogP contribution in [0.1, 0.15) is 46.0 Å². The predicted octanol–water partition coefficient (Wildman–Crippen LogP) is 4.57. The smallest absolute Gasteiger partial charge is 0.242 e. The van der Waals surface area contributed by atoms with Gasteiger partial charge >= 0.3 is 0 Å². The number of anilines is 1. The molecule has 0 radical (unpaired) electrons. The Kier molecular flexibility index (Phi) is 8.45. The number of thioether (sulfide) groups is 1. The molecule has 1 saturated heterocycles. The van der Waals surface area contributed by atoms with Gasteiger partial charge < -0.3 is 5.32 Å². The van der Waals surface area contributed by atoms with Crippen molar-refractivity contribution in [1.29, 1.82) is 0 Å². The average molecular weight is 396 g/mol. The second kappa shape index (κ2) is 10.6. The Morgan fingerprint density at radius 2 is 1.92 bits per heavy atom. The Bertz CT molecular complexity index is 649. The first-order valence-corrected chi connectivity index (χ1v) is 10.4. The van der Waals surface area contributed by atoms with Crippen molar-refractivity contribution in [3.05, 3.63) is 29.3 Å². The van der Waals surface area contributed by atoms with Crippen molar-refractivity contribution in [2.75, 3.05) is 18.4 Å². The van der Waals surface area contributed by atoms with Crippen LogP contribution in [0.3, 0.4) is 0 Å². The summed E-state index contributed by atoms with van der Waals surface area (Å²) in [6.45, 7) is 5.60. The number of halogens is 1. The van der Waals surface area contributed by atoms with Crippen molar-refractivity contribution in [2.45, 2.75) is 51.2 Å². The van der Waals surface area contributed by atoms with Crippen LogP contribution < -0.4 is 5.32 Å². The number of amides is 2. The van der Waals surface area contributed by atoms with Crippen LogP contribution in [-0.2, 0) is 9.59 Å². The number of unbranched alkanes of at least 4 members (excludes halogenated alkanes) is 2. The van der Waals surface area contributed by atoms with E-state index in [2.05, 4.69) is 24.2 Å². The molecule has 0 spiro atoms. The van der Waals surface area contributed by atoms with Gasteiger partial charge in [0, 0.05) is 30.2 Å². The molecule has 1 aliphatic rings. The second-order valence-corrected chi connectivity index (χ2v) is 7.83. The molecule has 2 rings (SSSR count). The minimum Gasteiger partial charge on any atom is -0.326 e. The van der Waals surface area contributed by atoms with Gasteiger partial charge in [0.2, 0.25) is 11.8 Å². The summed E-state index contributed by atoms with van der Waals surface area (Å²) in [5.74, 6) is -0.187. The zero-order chi connectivity index (χ0) is 18.9. The maximum Gasteiger partial charge on any atom is 0.242 e. The largest absolute Gasteiger partial charge is 0.326 e. The monoisotopic (exact) mass is 395 g/mol. The van der Waals surface area contributed by atoms with Crippen LogP contribution in [0.15, 0.2) is 29.3 Å². The number of hydrogen-bond donors (Lipinski definition) is 1. The van der Waals surface area contributed by atoms with E-state index in [1.54, 1.807) is 29.2 Å². The van der Waals surface area contributed by atoms with Gasteiger partial charge in [0.05, 0.1) is 0 Å². The molecular formula is C19H26ClN3O2S. The lowest BCUT2D eigenvalue weighted by atomic mass is 10.2. The quantitative estimate of drug-likeness (QED) is 0.623. The van der Waals surface area contributed by atoms with E-state index in [9.17, 15) is 9.59 Å². The highest BCUT2D eigenvalue weighted by Crippen LogP contribution is 2.30. The van der Waals surface area contributed by atoms with Crippen molar-refractivity contribution < 1.29 is 9.59 Å². The van der Waals surface area contributed by atoms with Gasteiger partial charge in [0.25, 0.3) is 0 Å². The van der Waals surface area contributed by atoms with Gasteiger partial charge in [-0.1, -0.05) is 50.1 Å². The van der Waals surface area contributed by atoms with E-state index in [0.29, 0.717) is 17.3 Å². The summed E-state index contributed by atoms with van der Waals surface area (Å²) in [6.07, 6.45) is 4.15. The Balaban J connectivity index is 1.98. The van der Waals surface area contributed by atoms with Gasteiger partial charge in [-0.15, -0.1) is 0 Å². The minimum atomic E-state index is -0.403. The minimum absolute atomic E-state index is 0.00930. The highest BCUT2D eigenvalue weighted by atomic mass is 35.5. The third-order valence-corrected chi connectivity index (χ3v) is 5.48. The predicted molar refractivity (Wildman–Crippen MR) is 110 cm³/mol. The zero-order valence-electron chi connectivity index (χ0n) is 15.3. The normalized spacial score (nSPS) is 18.6. The standard InChI is InChI=1S/C19H26ClN3O2S/c1-3-5-11-21-19-23(12-6-4-2)18(25)16(26-19)13-17(24)22-15-9-7-14(20)8-10-15/h7-10,16H,3-6,11-13H2,1-2H3,(H,22,24)/t16-/m0/s1. The van der Waals surface area contributed by atoms with E-state index in [4.69, 9.17) is 11.6 Å². The van der Waals surface area contributed by atoms with E-state index in [1.165, 1.54) is 11.8 Å². The SMILES string of the molecule is CCCCN=C1S[C@@H](CC(=O)Nc2ccc(Cl)cc2)C(=O)N1CCCC. The van der Waals surface area contributed by atoms with Crippen molar-refractivity contribution in [1.82, 2.24) is 4.90 Å². The molecule has 1 aromatic rings. The number of rotatable bonds is 9. The Hall–Kier alpha value is -1.53. The number of aliphatic imine (C=N–C) groups is 1. The maximum atomic E-state index is 12.7. The lowest BCUT2D eigenvalue weighted by molar-refractivity contribution is -0.128. The number of nitrogens with one attached hydrogen (secondary N) is 1. The molecule has 1 fully saturated rings. The third-order valence-electron chi connectivity index (χ3n) is 4.01. The molecule has 2 amide bonds. The molecule has 0 bridgehead atoms. The summed E-state index contributed by atoms with van der Waals surface area (Å²) in [5.41, 5.74) is 0.675. The fourth-order valence-electron chi connectivity index (χ4n) is 2.53. The summed E-state index contributed by atoms with van der Waals surface area (Å²) < 4.78 is 0. The third kappa shape index (κ3) is 6.02. The van der Waals surface area contributed by atoms with Crippen LogP contribution in [-0.4, -0.2) is 40.2 Å². The molecule has 1 atom stereocenters. The van der Waals surface area contributed by atoms with Crippen LogP contribution >= 0.6 is 23.4 Å². The van der Waals surface area contributed by atoms with Crippen LogP contribution in [0.25, 0.3) is 0 Å². The molecule has 1 N–H and O–H groups in total. The summed E-state index contributed by atoms with van der Waals surface area (Å²) in [4.78, 5) is 31.4. The summed E-state index contributed by atoms with van der Waals surface area (Å²) in [6, 6.07) is 6.93. The van der Waals surface area contributed by atoms with Gasteiger partial charge in [-0.25, -0.2) is 0 Å². The Morgan fingerprint density at radius 1 is 1.23 bits per heavy atom. The zero-order valence-corrected chi connectivity index (χ0v) is 16.9. The molecule has 0 unspecified atom stereocenters. The number of nitrogens with zero attached hydrogens (tertiary/aromatic N) is 2. The van der Waals surface area contributed by atoms with Crippen molar-refractivity contribution in [2.24, 2.45) is 4.99 Å². The molecule has 142 valence electrons. The molecule has 0 saturated carbocycles. The highest BCUT2D eigenvalue weighted by Gasteiger charge is 2.38. The van der Waals surface area contributed by atoms with E-state index < -0.39 is 5.25 Å². The molecule has 0 aliphatic carbocycles. The van der Waals surface area contributed by atoms with Crippen LogP contribution in [0.2, 0.25) is 5.02 Å². The van der Waals surface area contributed by atoms with E-state index in [-0.39, 0.29) is 18.2 Å². The molecule has 26 heavy (non-hydrogen) atoms. The molecule has 7 heteroatoms. The van der Waals surface area contributed by atoms with Crippen molar-refractivity contribution in [3.8, 4) is 0 Å². The molecule has 1 aliphatic heterocycles. The van der Waals surface area contributed by atoms with Crippen LogP contribution in [0, 0.1) is 0 Å².